The number of amides is 2. The fraction of sp³-hybridized carbons (Fsp3) is 0.130. The van der Waals surface area contributed by atoms with E-state index in [-0.39, 0.29) is 18.4 Å². The van der Waals surface area contributed by atoms with Crippen LogP contribution in [0, 0.1) is 0 Å². The molecule has 0 radical (unpaired) electrons. The van der Waals surface area contributed by atoms with Crippen LogP contribution in [-0.4, -0.2) is 36.0 Å². The van der Waals surface area contributed by atoms with E-state index in [0.29, 0.717) is 33.3 Å². The number of ether oxygens (including phenoxy) is 2. The molecule has 0 aliphatic heterocycles. The molecule has 7 nitrogen and oxygen atoms in total. The van der Waals surface area contributed by atoms with Crippen LogP contribution in [-0.2, 0) is 15.6 Å². The SMILES string of the molecule is COc1ccccc1OCC(=O)Nc1cccc(NC(=O)c2ccc(S(C)=O)cc2)c1. The normalized spacial score (nSPS) is 11.3. The predicted molar refractivity (Wildman–Crippen MR) is 120 cm³/mol. The van der Waals surface area contributed by atoms with Crippen molar-refractivity contribution in [2.24, 2.45) is 0 Å². The van der Waals surface area contributed by atoms with Crippen LogP contribution in [0.2, 0.25) is 0 Å². The highest BCUT2D eigenvalue weighted by atomic mass is 32.2. The molecule has 0 aromatic heterocycles. The molecule has 3 aromatic carbocycles. The van der Waals surface area contributed by atoms with Gasteiger partial charge in [-0.1, -0.05) is 18.2 Å². The van der Waals surface area contributed by atoms with Gasteiger partial charge in [-0.15, -0.1) is 0 Å². The van der Waals surface area contributed by atoms with Gasteiger partial charge in [-0.05, 0) is 54.6 Å². The maximum atomic E-state index is 12.4. The third-order valence-electron chi connectivity index (χ3n) is 4.28. The van der Waals surface area contributed by atoms with Gasteiger partial charge in [0.05, 0.1) is 7.11 Å². The van der Waals surface area contributed by atoms with Gasteiger partial charge in [-0.25, -0.2) is 0 Å². The first kappa shape index (κ1) is 22.0. The quantitative estimate of drug-likeness (QED) is 0.559. The van der Waals surface area contributed by atoms with Crippen LogP contribution in [0.25, 0.3) is 0 Å². The van der Waals surface area contributed by atoms with E-state index in [2.05, 4.69) is 10.6 Å². The Labute approximate surface area is 182 Å². The van der Waals surface area contributed by atoms with Crippen molar-refractivity contribution in [3.63, 3.8) is 0 Å². The van der Waals surface area contributed by atoms with Gasteiger partial charge in [-0.2, -0.15) is 0 Å². The van der Waals surface area contributed by atoms with Gasteiger partial charge in [0.1, 0.15) is 0 Å². The molecule has 0 fully saturated rings. The third kappa shape index (κ3) is 6.16. The van der Waals surface area contributed by atoms with Crippen LogP contribution in [0.4, 0.5) is 11.4 Å². The molecule has 0 saturated heterocycles. The molecule has 8 heteroatoms. The molecule has 2 amide bonds. The largest absolute Gasteiger partial charge is 0.493 e. The molecule has 1 atom stereocenters. The second kappa shape index (κ2) is 10.4. The predicted octanol–water partition coefficient (Wildman–Crippen LogP) is 3.70. The average molecular weight is 439 g/mol. The molecular weight excluding hydrogens is 416 g/mol. The minimum atomic E-state index is -1.10. The zero-order chi connectivity index (χ0) is 22.2. The van der Waals surface area contributed by atoms with E-state index in [1.165, 1.54) is 7.11 Å². The van der Waals surface area contributed by atoms with Crippen LogP contribution in [0.5, 0.6) is 11.5 Å². The first-order chi connectivity index (χ1) is 15.0. The number of para-hydroxylation sites is 2. The molecule has 3 rings (SSSR count). The summed E-state index contributed by atoms with van der Waals surface area (Å²) in [4.78, 5) is 25.3. The van der Waals surface area contributed by atoms with Gasteiger partial charge < -0.3 is 20.1 Å². The van der Waals surface area contributed by atoms with Gasteiger partial charge in [0.15, 0.2) is 18.1 Å². The number of hydrogen-bond donors (Lipinski definition) is 2. The first-order valence-electron chi connectivity index (χ1n) is 9.37. The summed E-state index contributed by atoms with van der Waals surface area (Å²) in [6.07, 6.45) is 1.58. The van der Waals surface area contributed by atoms with E-state index >= 15 is 0 Å². The Morgan fingerprint density at radius 2 is 1.52 bits per heavy atom. The zero-order valence-electron chi connectivity index (χ0n) is 17.1. The number of nitrogens with one attached hydrogen (secondary N) is 2. The Morgan fingerprint density at radius 1 is 0.871 bits per heavy atom. The summed E-state index contributed by atoms with van der Waals surface area (Å²) in [5.41, 5.74) is 1.48. The lowest BCUT2D eigenvalue weighted by Crippen LogP contribution is -2.20. The minimum absolute atomic E-state index is 0.192. The molecule has 0 aliphatic rings. The van der Waals surface area contributed by atoms with E-state index in [1.54, 1.807) is 73.0 Å². The van der Waals surface area contributed by atoms with Crippen molar-refractivity contribution < 1.29 is 23.3 Å². The van der Waals surface area contributed by atoms with Crippen molar-refractivity contribution in [3.8, 4) is 11.5 Å². The molecule has 0 saturated carbocycles. The summed E-state index contributed by atoms with van der Waals surface area (Å²) in [7, 11) is 0.426. The standard InChI is InChI=1S/C23H22N2O5S/c1-29-20-8-3-4-9-21(20)30-15-22(26)24-17-6-5-7-18(14-17)25-23(27)16-10-12-19(13-11-16)31(2)28/h3-14H,15H2,1-2H3,(H,24,26)(H,25,27). The Bertz CT molecular complexity index is 1100. The number of carbonyl (C=O) groups excluding carboxylic acids is 2. The van der Waals surface area contributed by atoms with Gasteiger partial charge in [0.2, 0.25) is 0 Å². The Kier molecular flexibility index (Phi) is 7.40. The molecule has 0 aliphatic carbocycles. The summed E-state index contributed by atoms with van der Waals surface area (Å²) in [6.45, 7) is -0.192. The van der Waals surface area contributed by atoms with Crippen LogP contribution >= 0.6 is 0 Å². The summed E-state index contributed by atoms with van der Waals surface area (Å²) in [6, 6.07) is 20.4. The van der Waals surface area contributed by atoms with Crippen molar-refractivity contribution in [3.05, 3.63) is 78.4 Å². The summed E-state index contributed by atoms with van der Waals surface area (Å²) < 4.78 is 22.2. The maximum absolute atomic E-state index is 12.4. The first-order valence-corrected chi connectivity index (χ1v) is 10.9. The topological polar surface area (TPSA) is 93.7 Å². The highest BCUT2D eigenvalue weighted by Crippen LogP contribution is 2.25. The number of benzene rings is 3. The molecule has 160 valence electrons. The van der Waals surface area contributed by atoms with Crippen LogP contribution < -0.4 is 20.1 Å². The summed E-state index contributed by atoms with van der Waals surface area (Å²) >= 11 is 0. The van der Waals surface area contributed by atoms with Gasteiger partial charge >= 0.3 is 0 Å². The average Bonchev–Trinajstić information content (AvgIpc) is 2.78. The third-order valence-corrected chi connectivity index (χ3v) is 5.22. The minimum Gasteiger partial charge on any atom is -0.493 e. The molecule has 0 spiro atoms. The Balaban J connectivity index is 1.58. The lowest BCUT2D eigenvalue weighted by atomic mass is 10.2. The molecular formula is C23H22N2O5S. The summed E-state index contributed by atoms with van der Waals surface area (Å²) in [5.74, 6) is 0.353. The van der Waals surface area contributed by atoms with E-state index < -0.39 is 10.8 Å². The number of methoxy groups -OCH3 is 1. The Hall–Kier alpha value is -3.65. The van der Waals surface area contributed by atoms with Crippen LogP contribution in [0.1, 0.15) is 10.4 Å². The fourth-order valence-corrected chi connectivity index (χ4v) is 3.27. The van der Waals surface area contributed by atoms with E-state index in [9.17, 15) is 13.8 Å². The smallest absolute Gasteiger partial charge is 0.262 e. The highest BCUT2D eigenvalue weighted by molar-refractivity contribution is 7.84. The molecule has 0 bridgehead atoms. The van der Waals surface area contributed by atoms with E-state index in [0.717, 1.165) is 0 Å². The highest BCUT2D eigenvalue weighted by Gasteiger charge is 2.10. The second-order valence-corrected chi connectivity index (χ2v) is 7.88. The maximum Gasteiger partial charge on any atom is 0.262 e. The van der Waals surface area contributed by atoms with Crippen LogP contribution in [0.15, 0.2) is 77.7 Å². The van der Waals surface area contributed by atoms with E-state index in [1.807, 2.05) is 6.07 Å². The zero-order valence-corrected chi connectivity index (χ0v) is 17.9. The number of anilines is 2. The lowest BCUT2D eigenvalue weighted by molar-refractivity contribution is -0.118. The molecule has 3 aromatic rings. The van der Waals surface area contributed by atoms with Crippen molar-refractivity contribution in [1.82, 2.24) is 0 Å². The lowest BCUT2D eigenvalue weighted by Gasteiger charge is -2.11. The molecule has 0 heterocycles. The number of hydrogen-bond acceptors (Lipinski definition) is 5. The fourth-order valence-electron chi connectivity index (χ4n) is 2.75. The van der Waals surface area contributed by atoms with Gasteiger partial charge in [0.25, 0.3) is 11.8 Å². The summed E-state index contributed by atoms with van der Waals surface area (Å²) in [5, 5.41) is 5.51. The number of carbonyl (C=O) groups is 2. The van der Waals surface area contributed by atoms with Gasteiger partial charge in [-0.3, -0.25) is 13.8 Å². The number of rotatable bonds is 8. The molecule has 1 unspecified atom stereocenters. The van der Waals surface area contributed by atoms with Crippen molar-refractivity contribution in [1.29, 1.82) is 0 Å². The van der Waals surface area contributed by atoms with Gasteiger partial charge in [0, 0.05) is 38.9 Å². The van der Waals surface area contributed by atoms with E-state index in [4.69, 9.17) is 9.47 Å². The Morgan fingerprint density at radius 3 is 2.16 bits per heavy atom. The monoisotopic (exact) mass is 438 g/mol. The van der Waals surface area contributed by atoms with Crippen molar-refractivity contribution in [2.75, 3.05) is 30.6 Å². The van der Waals surface area contributed by atoms with Crippen molar-refractivity contribution in [2.45, 2.75) is 4.90 Å². The molecule has 2 N–H and O–H groups in total. The second-order valence-electron chi connectivity index (χ2n) is 6.50. The van der Waals surface area contributed by atoms with Crippen LogP contribution in [0.3, 0.4) is 0 Å². The van der Waals surface area contributed by atoms with Crippen molar-refractivity contribution >= 4 is 34.0 Å². The molecule has 31 heavy (non-hydrogen) atoms.